The predicted octanol–water partition coefficient (Wildman–Crippen LogP) is 1.28. The molecule has 17 heavy (non-hydrogen) atoms. The molecule has 98 valence electrons. The van der Waals surface area contributed by atoms with E-state index in [1.54, 1.807) is 0 Å². The maximum absolute atomic E-state index is 12.4. The van der Waals surface area contributed by atoms with Crippen LogP contribution in [0.15, 0.2) is 0 Å². The van der Waals surface area contributed by atoms with Crippen molar-refractivity contribution in [3.05, 3.63) is 0 Å². The molecule has 1 amide bonds. The van der Waals surface area contributed by atoms with Crippen molar-refractivity contribution in [2.24, 2.45) is 5.73 Å². The zero-order valence-corrected chi connectivity index (χ0v) is 10.9. The first-order chi connectivity index (χ1) is 8.13. The van der Waals surface area contributed by atoms with Crippen molar-refractivity contribution in [1.82, 2.24) is 4.90 Å². The largest absolute Gasteiger partial charge is 0.364 e. The zero-order chi connectivity index (χ0) is 12.4. The van der Waals surface area contributed by atoms with Gasteiger partial charge in [-0.2, -0.15) is 0 Å². The number of rotatable bonds is 4. The van der Waals surface area contributed by atoms with Crippen molar-refractivity contribution in [1.29, 1.82) is 0 Å². The molecule has 0 spiro atoms. The van der Waals surface area contributed by atoms with Crippen LogP contribution in [0, 0.1) is 0 Å². The summed E-state index contributed by atoms with van der Waals surface area (Å²) in [6.07, 6.45) is 5.14. The summed E-state index contributed by atoms with van der Waals surface area (Å²) in [6, 6.07) is 0.719. The van der Waals surface area contributed by atoms with Crippen LogP contribution in [0.4, 0.5) is 0 Å². The molecule has 4 nitrogen and oxygen atoms in total. The molecule has 1 heterocycles. The number of nitrogens with zero attached hydrogens (tertiary/aromatic N) is 1. The molecule has 2 atom stereocenters. The van der Waals surface area contributed by atoms with E-state index in [0.717, 1.165) is 25.7 Å². The van der Waals surface area contributed by atoms with E-state index in [2.05, 4.69) is 13.8 Å². The van der Waals surface area contributed by atoms with Gasteiger partial charge in [0.2, 0.25) is 0 Å². The normalized spacial score (nSPS) is 29.4. The number of carbonyl (C=O) groups excluding carboxylic acids is 1. The summed E-state index contributed by atoms with van der Waals surface area (Å²) in [5.41, 5.74) is 5.58. The van der Waals surface area contributed by atoms with Gasteiger partial charge in [0.1, 0.15) is 6.10 Å². The fourth-order valence-electron chi connectivity index (χ4n) is 2.75. The average Bonchev–Trinajstić information content (AvgIpc) is 2.70. The van der Waals surface area contributed by atoms with Crippen molar-refractivity contribution in [2.75, 3.05) is 6.54 Å². The molecule has 1 saturated heterocycles. The number of amides is 1. The van der Waals surface area contributed by atoms with Crippen LogP contribution < -0.4 is 5.73 Å². The molecule has 2 rings (SSSR count). The molecule has 1 aliphatic carbocycles. The molecule has 0 bridgehead atoms. The second-order valence-electron chi connectivity index (χ2n) is 5.48. The summed E-state index contributed by atoms with van der Waals surface area (Å²) in [5.74, 6) is 0.181. The first-order valence-electron chi connectivity index (χ1n) is 6.81. The Kier molecular flexibility index (Phi) is 4.05. The Morgan fingerprint density at radius 1 is 1.35 bits per heavy atom. The van der Waals surface area contributed by atoms with Gasteiger partial charge >= 0.3 is 0 Å². The van der Waals surface area contributed by atoms with Gasteiger partial charge in [-0.15, -0.1) is 0 Å². The minimum Gasteiger partial charge on any atom is -0.364 e. The monoisotopic (exact) mass is 240 g/mol. The van der Waals surface area contributed by atoms with Gasteiger partial charge in [-0.1, -0.05) is 0 Å². The van der Waals surface area contributed by atoms with Crippen LogP contribution in [0.25, 0.3) is 0 Å². The molecular formula is C13H24N2O2. The van der Waals surface area contributed by atoms with Crippen molar-refractivity contribution in [3.8, 4) is 0 Å². The summed E-state index contributed by atoms with van der Waals surface area (Å²) in [4.78, 5) is 14.5. The Hall–Kier alpha value is -0.610. The Morgan fingerprint density at radius 2 is 2.06 bits per heavy atom. The fraction of sp³-hybridized carbons (Fsp3) is 0.923. The van der Waals surface area contributed by atoms with E-state index in [0.29, 0.717) is 12.6 Å². The van der Waals surface area contributed by atoms with Gasteiger partial charge < -0.3 is 15.4 Å². The highest BCUT2D eigenvalue weighted by molar-refractivity contribution is 5.82. The molecule has 0 radical (unpaired) electrons. The third kappa shape index (κ3) is 2.63. The molecule has 2 N–H and O–H groups in total. The topological polar surface area (TPSA) is 55.6 Å². The van der Waals surface area contributed by atoms with E-state index in [-0.39, 0.29) is 24.2 Å². The lowest BCUT2D eigenvalue weighted by molar-refractivity contribution is -0.149. The highest BCUT2D eigenvalue weighted by Crippen LogP contribution is 2.29. The lowest BCUT2D eigenvalue weighted by Gasteiger charge is -2.41. The maximum Gasteiger partial charge on any atom is 0.252 e. The Balaban J connectivity index is 1.96. The molecule has 0 aromatic rings. The van der Waals surface area contributed by atoms with Crippen molar-refractivity contribution >= 4 is 5.91 Å². The molecule has 4 heteroatoms. The molecule has 1 aliphatic heterocycles. The minimum atomic E-state index is -0.244. The lowest BCUT2D eigenvalue weighted by atomic mass is 9.90. The summed E-state index contributed by atoms with van der Waals surface area (Å²) in [7, 11) is 0. The summed E-state index contributed by atoms with van der Waals surface area (Å²) < 4.78 is 5.71. The highest BCUT2D eigenvalue weighted by atomic mass is 16.5. The van der Waals surface area contributed by atoms with E-state index in [4.69, 9.17) is 10.5 Å². The van der Waals surface area contributed by atoms with Crippen molar-refractivity contribution in [2.45, 2.75) is 70.2 Å². The third-order valence-corrected chi connectivity index (χ3v) is 3.92. The van der Waals surface area contributed by atoms with Crippen LogP contribution >= 0.6 is 0 Å². The van der Waals surface area contributed by atoms with Gasteiger partial charge in [0.15, 0.2) is 0 Å². The van der Waals surface area contributed by atoms with Crippen molar-refractivity contribution < 1.29 is 9.53 Å². The quantitative estimate of drug-likeness (QED) is 0.805. The second-order valence-corrected chi connectivity index (χ2v) is 5.48. The summed E-state index contributed by atoms with van der Waals surface area (Å²) >= 11 is 0. The molecule has 0 aromatic carbocycles. The van der Waals surface area contributed by atoms with Crippen LogP contribution in [0.3, 0.4) is 0 Å². The Labute approximate surface area is 103 Å². The van der Waals surface area contributed by atoms with Gasteiger partial charge in [0, 0.05) is 18.6 Å². The van der Waals surface area contributed by atoms with E-state index >= 15 is 0 Å². The maximum atomic E-state index is 12.4. The van der Waals surface area contributed by atoms with Gasteiger partial charge in [-0.05, 0) is 46.0 Å². The van der Waals surface area contributed by atoms with Gasteiger partial charge in [-0.3, -0.25) is 4.79 Å². The van der Waals surface area contributed by atoms with E-state index < -0.39 is 0 Å². The summed E-state index contributed by atoms with van der Waals surface area (Å²) in [6.45, 7) is 4.70. The second kappa shape index (κ2) is 5.36. The first kappa shape index (κ1) is 12.8. The third-order valence-electron chi connectivity index (χ3n) is 3.92. The van der Waals surface area contributed by atoms with E-state index in [1.807, 2.05) is 4.90 Å². The number of nitrogens with two attached hydrogens (primary N) is 1. The SMILES string of the molecule is CC(C)N(C(=O)[C@@H]1CC[C@H](CN)O1)C1CCC1. The highest BCUT2D eigenvalue weighted by Gasteiger charge is 2.38. The van der Waals surface area contributed by atoms with Gasteiger partial charge in [-0.25, -0.2) is 0 Å². The van der Waals surface area contributed by atoms with Crippen LogP contribution in [0.5, 0.6) is 0 Å². The van der Waals surface area contributed by atoms with Crippen LogP contribution in [-0.4, -0.2) is 41.6 Å². The standard InChI is InChI=1S/C13H24N2O2/c1-9(2)15(10-4-3-5-10)13(16)12-7-6-11(8-14)17-12/h9-12H,3-8,14H2,1-2H3/t11-,12+/m1/s1. The van der Waals surface area contributed by atoms with Gasteiger partial charge in [0.25, 0.3) is 5.91 Å². The van der Waals surface area contributed by atoms with Crippen LogP contribution in [0.2, 0.25) is 0 Å². The van der Waals surface area contributed by atoms with E-state index in [1.165, 1.54) is 6.42 Å². The smallest absolute Gasteiger partial charge is 0.252 e. The minimum absolute atomic E-state index is 0.0827. The zero-order valence-electron chi connectivity index (χ0n) is 10.9. The van der Waals surface area contributed by atoms with Gasteiger partial charge in [0.05, 0.1) is 6.10 Å². The molecule has 2 fully saturated rings. The number of hydrogen-bond donors (Lipinski definition) is 1. The van der Waals surface area contributed by atoms with Crippen LogP contribution in [-0.2, 0) is 9.53 Å². The Bertz CT molecular complexity index is 277. The number of ether oxygens (including phenoxy) is 1. The lowest BCUT2D eigenvalue weighted by Crippen LogP contribution is -2.51. The number of carbonyl (C=O) groups is 1. The fourth-order valence-corrected chi connectivity index (χ4v) is 2.75. The molecule has 0 aromatic heterocycles. The first-order valence-corrected chi connectivity index (χ1v) is 6.81. The Morgan fingerprint density at radius 3 is 2.47 bits per heavy atom. The molecule has 2 aliphatic rings. The average molecular weight is 240 g/mol. The van der Waals surface area contributed by atoms with Crippen LogP contribution in [0.1, 0.15) is 46.0 Å². The number of hydrogen-bond acceptors (Lipinski definition) is 3. The summed E-state index contributed by atoms with van der Waals surface area (Å²) in [5, 5.41) is 0. The van der Waals surface area contributed by atoms with Crippen molar-refractivity contribution in [3.63, 3.8) is 0 Å². The predicted molar refractivity (Wildman–Crippen MR) is 66.6 cm³/mol. The molecule has 1 saturated carbocycles. The molecule has 0 unspecified atom stereocenters. The van der Waals surface area contributed by atoms with E-state index in [9.17, 15) is 4.79 Å². The molecular weight excluding hydrogens is 216 g/mol.